The number of hydrogen-bond acceptors (Lipinski definition) is 4. The van der Waals surface area contributed by atoms with Gasteiger partial charge in [-0.1, -0.05) is 25.4 Å². The molecule has 2 heterocycles. The van der Waals surface area contributed by atoms with Crippen molar-refractivity contribution in [1.82, 2.24) is 25.1 Å². The van der Waals surface area contributed by atoms with Gasteiger partial charge in [-0.3, -0.25) is 14.6 Å². The van der Waals surface area contributed by atoms with E-state index in [0.717, 1.165) is 37.3 Å². The van der Waals surface area contributed by atoms with Gasteiger partial charge in [0.1, 0.15) is 0 Å². The number of aromatic nitrogens is 4. The van der Waals surface area contributed by atoms with Crippen molar-refractivity contribution in [2.75, 3.05) is 6.54 Å². The van der Waals surface area contributed by atoms with Crippen molar-refractivity contribution < 1.29 is 0 Å². The molecule has 0 aliphatic rings. The average molecular weight is 294 g/mol. The van der Waals surface area contributed by atoms with Crippen LogP contribution in [0.1, 0.15) is 44.1 Å². The Morgan fingerprint density at radius 1 is 1.25 bits per heavy atom. The van der Waals surface area contributed by atoms with Crippen LogP contribution in [0.15, 0.2) is 24.8 Å². The quantitative estimate of drug-likeness (QED) is 0.853. The normalized spacial score (nSPS) is 12.6. The Kier molecular flexibility index (Phi) is 5.49. The van der Waals surface area contributed by atoms with Gasteiger partial charge in [0.2, 0.25) is 0 Å². The maximum absolute atomic E-state index is 6.33. The maximum atomic E-state index is 6.33. The van der Waals surface area contributed by atoms with Gasteiger partial charge < -0.3 is 5.32 Å². The molecule has 0 bridgehead atoms. The van der Waals surface area contributed by atoms with Gasteiger partial charge in [0.15, 0.2) is 0 Å². The van der Waals surface area contributed by atoms with Crippen molar-refractivity contribution in [3.05, 3.63) is 41.2 Å². The molecule has 2 rings (SSSR count). The minimum atomic E-state index is -0.0785. The van der Waals surface area contributed by atoms with E-state index in [1.165, 1.54) is 0 Å². The first kappa shape index (κ1) is 14.9. The Hall–Kier alpha value is -1.46. The fraction of sp³-hybridized carbons (Fsp3) is 0.500. The molecule has 0 amide bonds. The zero-order chi connectivity index (χ0) is 14.4. The zero-order valence-electron chi connectivity index (χ0n) is 11.9. The molecule has 0 spiro atoms. The van der Waals surface area contributed by atoms with E-state index in [4.69, 9.17) is 11.6 Å². The lowest BCUT2D eigenvalue weighted by Gasteiger charge is -2.19. The summed E-state index contributed by atoms with van der Waals surface area (Å²) in [6, 6.07) is -0.0785. The molecular weight excluding hydrogens is 274 g/mol. The fourth-order valence-corrected chi connectivity index (χ4v) is 2.39. The summed E-state index contributed by atoms with van der Waals surface area (Å²) >= 11 is 6.33. The number of nitrogens with one attached hydrogen (secondary N) is 1. The molecule has 0 aliphatic heterocycles. The number of rotatable bonds is 7. The lowest BCUT2D eigenvalue weighted by atomic mass is 10.1. The Morgan fingerprint density at radius 2 is 2.10 bits per heavy atom. The van der Waals surface area contributed by atoms with E-state index in [1.807, 2.05) is 4.68 Å². The summed E-state index contributed by atoms with van der Waals surface area (Å²) in [7, 11) is 0. The summed E-state index contributed by atoms with van der Waals surface area (Å²) < 4.78 is 1.95. The molecule has 2 aromatic rings. The zero-order valence-corrected chi connectivity index (χ0v) is 12.6. The monoisotopic (exact) mass is 293 g/mol. The van der Waals surface area contributed by atoms with Crippen molar-refractivity contribution >= 4 is 11.6 Å². The van der Waals surface area contributed by atoms with Gasteiger partial charge >= 0.3 is 0 Å². The van der Waals surface area contributed by atoms with Crippen molar-refractivity contribution in [3.8, 4) is 0 Å². The Labute approximate surface area is 124 Å². The number of nitrogens with zero attached hydrogens (tertiary/aromatic N) is 4. The predicted octanol–water partition coefficient (Wildman–Crippen LogP) is 2.83. The lowest BCUT2D eigenvalue weighted by molar-refractivity contribution is 0.504. The average Bonchev–Trinajstić information content (AvgIpc) is 2.83. The summed E-state index contributed by atoms with van der Waals surface area (Å²) in [6.07, 6.45) is 8.88. The van der Waals surface area contributed by atoms with Crippen molar-refractivity contribution in [1.29, 1.82) is 0 Å². The molecule has 5 nitrogen and oxygen atoms in total. The van der Waals surface area contributed by atoms with E-state index in [-0.39, 0.29) is 6.04 Å². The van der Waals surface area contributed by atoms with Crippen LogP contribution in [-0.2, 0) is 6.54 Å². The largest absolute Gasteiger partial charge is 0.304 e. The second-order valence-electron chi connectivity index (χ2n) is 4.62. The molecule has 6 heteroatoms. The molecule has 0 aliphatic carbocycles. The molecule has 1 N–H and O–H groups in total. The van der Waals surface area contributed by atoms with Crippen molar-refractivity contribution in [2.24, 2.45) is 0 Å². The Morgan fingerprint density at radius 3 is 2.75 bits per heavy atom. The Balaban J connectivity index is 2.38. The molecule has 0 aromatic carbocycles. The molecule has 1 atom stereocenters. The van der Waals surface area contributed by atoms with Gasteiger partial charge in [-0.2, -0.15) is 5.10 Å². The van der Waals surface area contributed by atoms with Crippen LogP contribution in [0.4, 0.5) is 0 Å². The van der Waals surface area contributed by atoms with Crippen LogP contribution in [0.2, 0.25) is 5.02 Å². The molecule has 2 aromatic heterocycles. The highest BCUT2D eigenvalue weighted by Gasteiger charge is 2.22. The van der Waals surface area contributed by atoms with Crippen LogP contribution in [-0.4, -0.2) is 26.3 Å². The minimum Gasteiger partial charge on any atom is -0.304 e. The van der Waals surface area contributed by atoms with E-state index in [1.54, 1.807) is 24.8 Å². The number of hydrogen-bond donors (Lipinski definition) is 1. The van der Waals surface area contributed by atoms with Crippen LogP contribution < -0.4 is 5.32 Å². The molecular formula is C14H20ClN5. The van der Waals surface area contributed by atoms with E-state index in [9.17, 15) is 0 Å². The van der Waals surface area contributed by atoms with Crippen LogP contribution in [0.25, 0.3) is 0 Å². The van der Waals surface area contributed by atoms with Gasteiger partial charge in [-0.25, -0.2) is 0 Å². The third-order valence-electron chi connectivity index (χ3n) is 3.02. The molecule has 0 radical (unpaired) electrons. The van der Waals surface area contributed by atoms with E-state index < -0.39 is 0 Å². The number of aryl methyl sites for hydroxylation is 1. The summed E-state index contributed by atoms with van der Waals surface area (Å²) in [4.78, 5) is 8.56. The highest BCUT2D eigenvalue weighted by atomic mass is 35.5. The first-order valence-electron chi connectivity index (χ1n) is 6.98. The van der Waals surface area contributed by atoms with Crippen molar-refractivity contribution in [2.45, 2.75) is 39.3 Å². The van der Waals surface area contributed by atoms with Crippen LogP contribution >= 0.6 is 11.6 Å². The molecule has 0 saturated heterocycles. The fourth-order valence-electron chi connectivity index (χ4n) is 2.14. The van der Waals surface area contributed by atoms with E-state index in [0.29, 0.717) is 5.02 Å². The SMILES string of the molecule is CCCNC(c1cnccn1)c1c(Cl)cnn1CCC. The van der Waals surface area contributed by atoms with E-state index >= 15 is 0 Å². The summed E-state index contributed by atoms with van der Waals surface area (Å²) in [6.45, 7) is 5.98. The van der Waals surface area contributed by atoms with Crippen molar-refractivity contribution in [3.63, 3.8) is 0 Å². The smallest absolute Gasteiger partial charge is 0.0952 e. The second-order valence-corrected chi connectivity index (χ2v) is 5.03. The maximum Gasteiger partial charge on any atom is 0.0952 e. The van der Waals surface area contributed by atoms with Gasteiger partial charge in [-0.15, -0.1) is 0 Å². The number of halogens is 1. The lowest BCUT2D eigenvalue weighted by Crippen LogP contribution is -2.27. The third-order valence-corrected chi connectivity index (χ3v) is 3.31. The molecule has 108 valence electrons. The third kappa shape index (κ3) is 3.35. The first-order chi connectivity index (χ1) is 9.77. The first-order valence-corrected chi connectivity index (χ1v) is 7.36. The van der Waals surface area contributed by atoms with E-state index in [2.05, 4.69) is 34.2 Å². The molecule has 0 fully saturated rings. The Bertz CT molecular complexity index is 526. The summed E-state index contributed by atoms with van der Waals surface area (Å²) in [5.41, 5.74) is 1.82. The standard InChI is InChI=1S/C14H20ClN5/c1-3-5-18-13(12-10-16-6-7-17-12)14-11(15)9-19-20(14)8-4-2/h6-7,9-10,13,18H,3-5,8H2,1-2H3. The van der Waals surface area contributed by atoms with Gasteiger partial charge in [0.25, 0.3) is 0 Å². The predicted molar refractivity (Wildman–Crippen MR) is 79.7 cm³/mol. The highest BCUT2D eigenvalue weighted by Crippen LogP contribution is 2.27. The summed E-state index contributed by atoms with van der Waals surface area (Å²) in [5, 5.41) is 8.50. The van der Waals surface area contributed by atoms with Crippen LogP contribution in [0, 0.1) is 0 Å². The van der Waals surface area contributed by atoms with Gasteiger partial charge in [0, 0.05) is 18.9 Å². The topological polar surface area (TPSA) is 55.6 Å². The van der Waals surface area contributed by atoms with Crippen LogP contribution in [0.3, 0.4) is 0 Å². The highest BCUT2D eigenvalue weighted by molar-refractivity contribution is 6.31. The van der Waals surface area contributed by atoms with Gasteiger partial charge in [0.05, 0.1) is 34.8 Å². The molecule has 20 heavy (non-hydrogen) atoms. The minimum absolute atomic E-state index is 0.0785. The molecule has 1 unspecified atom stereocenters. The summed E-state index contributed by atoms with van der Waals surface area (Å²) in [5.74, 6) is 0. The van der Waals surface area contributed by atoms with Crippen LogP contribution in [0.5, 0.6) is 0 Å². The van der Waals surface area contributed by atoms with Gasteiger partial charge in [-0.05, 0) is 19.4 Å². The second kappa shape index (κ2) is 7.36. The molecule has 0 saturated carbocycles.